The molecule has 0 aliphatic rings. The average Bonchev–Trinajstić information content (AvgIpc) is 2.45. The van der Waals surface area contributed by atoms with Gasteiger partial charge in [0.1, 0.15) is 5.75 Å². The number of hydrogen-bond donors (Lipinski definition) is 1. The number of ether oxygens (including phenoxy) is 1. The first-order valence-electron chi connectivity index (χ1n) is 5.67. The van der Waals surface area contributed by atoms with Gasteiger partial charge in [-0.05, 0) is 25.1 Å². The minimum atomic E-state index is -0.580. The fraction of sp³-hybridized carbons (Fsp3) is 0.0769. The van der Waals surface area contributed by atoms with Crippen LogP contribution in [-0.2, 0) is 4.79 Å². The highest BCUT2D eigenvalue weighted by Crippen LogP contribution is 2.24. The Bertz CT molecular complexity index is 612. The molecule has 1 amide bonds. The van der Waals surface area contributed by atoms with Crippen molar-refractivity contribution in [1.82, 2.24) is 5.32 Å². The molecule has 0 spiro atoms. The normalized spacial score (nSPS) is 10.6. The molecule has 0 aliphatic heterocycles. The summed E-state index contributed by atoms with van der Waals surface area (Å²) >= 11 is 0.720. The number of amides is 1. The lowest BCUT2D eigenvalue weighted by Crippen LogP contribution is -2.22. The highest BCUT2D eigenvalue weighted by atomic mass is 32.2. The van der Waals surface area contributed by atoms with Crippen molar-refractivity contribution in [3.63, 3.8) is 0 Å². The lowest BCUT2D eigenvalue weighted by Gasteiger charge is -2.09. The number of benzene rings is 1. The first-order chi connectivity index (χ1) is 9.99. The second-order valence-corrected chi connectivity index (χ2v) is 4.69. The van der Waals surface area contributed by atoms with E-state index in [1.807, 2.05) is 0 Å². The van der Waals surface area contributed by atoms with Crippen LogP contribution in [0.25, 0.3) is 0 Å². The molecule has 1 aromatic rings. The quantitative estimate of drug-likeness (QED) is 0.471. The fourth-order valence-electron chi connectivity index (χ4n) is 1.36. The van der Waals surface area contributed by atoms with E-state index in [9.17, 15) is 19.7 Å². The number of nitrogens with zero attached hydrogens (tertiary/aromatic N) is 1. The number of nitro groups is 1. The largest absolute Gasteiger partial charge is 0.428 e. The lowest BCUT2D eigenvalue weighted by molar-refractivity contribution is -0.410. The summed E-state index contributed by atoms with van der Waals surface area (Å²) in [7, 11) is 0. The molecule has 0 fully saturated rings. The summed E-state index contributed by atoms with van der Waals surface area (Å²) in [6.07, 6.45) is 1.30. The molecule has 7 nitrogen and oxygen atoms in total. The third-order valence-corrected chi connectivity index (χ3v) is 3.16. The Morgan fingerprint density at radius 2 is 2.14 bits per heavy atom. The maximum atomic E-state index is 12.0. The Morgan fingerprint density at radius 1 is 1.48 bits per heavy atom. The van der Waals surface area contributed by atoms with Crippen LogP contribution in [-0.4, -0.2) is 17.3 Å². The van der Waals surface area contributed by atoms with E-state index in [0.717, 1.165) is 11.8 Å². The second kappa shape index (κ2) is 7.85. The molecule has 0 radical (unpaired) electrons. The molecule has 0 unspecified atom stereocenters. The molecule has 0 aromatic heterocycles. The van der Waals surface area contributed by atoms with Gasteiger partial charge in [0, 0.05) is 11.8 Å². The van der Waals surface area contributed by atoms with Crippen LogP contribution in [0.4, 0.5) is 0 Å². The second-order valence-electron chi connectivity index (χ2n) is 3.57. The average molecular weight is 308 g/mol. The summed E-state index contributed by atoms with van der Waals surface area (Å²) in [5, 5.41) is 13.0. The van der Waals surface area contributed by atoms with Crippen molar-refractivity contribution in [2.24, 2.45) is 0 Å². The lowest BCUT2D eigenvalue weighted by atomic mass is 10.2. The molecule has 1 rings (SSSR count). The predicted octanol–water partition coefficient (Wildman–Crippen LogP) is 2.29. The third kappa shape index (κ3) is 4.77. The van der Waals surface area contributed by atoms with E-state index >= 15 is 0 Å². The highest BCUT2D eigenvalue weighted by Gasteiger charge is 2.17. The minimum absolute atomic E-state index is 0.0864. The molecule has 0 bridgehead atoms. The van der Waals surface area contributed by atoms with Crippen molar-refractivity contribution in [1.29, 1.82) is 0 Å². The van der Waals surface area contributed by atoms with E-state index in [4.69, 9.17) is 0 Å². The van der Waals surface area contributed by atoms with Crippen molar-refractivity contribution in [3.8, 4) is 5.75 Å². The molecule has 1 N–H and O–H groups in total. The van der Waals surface area contributed by atoms with Crippen LogP contribution in [0, 0.1) is 10.1 Å². The van der Waals surface area contributed by atoms with Gasteiger partial charge in [-0.3, -0.25) is 19.7 Å². The van der Waals surface area contributed by atoms with Gasteiger partial charge in [-0.1, -0.05) is 18.7 Å². The highest BCUT2D eigenvalue weighted by molar-refractivity contribution is 8.06. The van der Waals surface area contributed by atoms with E-state index in [2.05, 4.69) is 16.6 Å². The zero-order valence-electron chi connectivity index (χ0n) is 11.1. The first-order valence-corrected chi connectivity index (χ1v) is 6.49. The van der Waals surface area contributed by atoms with Gasteiger partial charge >= 0.3 is 5.03 Å². The predicted molar refractivity (Wildman–Crippen MR) is 78.1 cm³/mol. The van der Waals surface area contributed by atoms with Gasteiger partial charge in [0.2, 0.25) is 0 Å². The Morgan fingerprint density at radius 3 is 2.71 bits per heavy atom. The number of nitrogens with one attached hydrogen (secondary N) is 1. The summed E-state index contributed by atoms with van der Waals surface area (Å²) in [5.74, 6) is -0.493. The topological polar surface area (TPSA) is 98.5 Å². The minimum Gasteiger partial charge on any atom is -0.428 e. The van der Waals surface area contributed by atoms with Crippen molar-refractivity contribution < 1.29 is 19.2 Å². The molecule has 110 valence electrons. The molecular formula is C13H12N2O5S. The number of allylic oxidation sites excluding steroid dienone is 1. The summed E-state index contributed by atoms with van der Waals surface area (Å²) in [5.41, 5.74) is 0.120. The molecule has 0 aliphatic carbocycles. The zero-order chi connectivity index (χ0) is 15.8. The number of hydrogen-bond acceptors (Lipinski definition) is 6. The molecule has 1 aromatic carbocycles. The van der Waals surface area contributed by atoms with Crippen LogP contribution in [0.3, 0.4) is 0 Å². The summed E-state index contributed by atoms with van der Waals surface area (Å²) in [6, 6.07) is 6.10. The van der Waals surface area contributed by atoms with Gasteiger partial charge in [-0.25, -0.2) is 0 Å². The Balaban J connectivity index is 2.80. The standard InChI is InChI=1S/C13H12N2O5S/c1-3-12(15(18)19)21-9(2)14-13(17)10-6-4-5-7-11(10)20-8-16/h3-8H,2H2,1H3,(H,14,17)/b12-3-. The van der Waals surface area contributed by atoms with Gasteiger partial charge < -0.3 is 10.1 Å². The number of rotatable bonds is 7. The van der Waals surface area contributed by atoms with Crippen LogP contribution in [0.2, 0.25) is 0 Å². The number of thioether (sulfide) groups is 1. The molecule has 0 saturated heterocycles. The van der Waals surface area contributed by atoms with E-state index in [-0.39, 0.29) is 27.8 Å². The summed E-state index contributed by atoms with van der Waals surface area (Å²) in [4.78, 5) is 32.5. The SMILES string of the molecule is C=C(NC(=O)c1ccccc1OC=O)S/C(=C\C)[N+](=O)[O-]. The number of carbonyl (C=O) groups is 2. The van der Waals surface area contributed by atoms with Crippen molar-refractivity contribution in [2.75, 3.05) is 0 Å². The molecule has 0 atom stereocenters. The van der Waals surface area contributed by atoms with Gasteiger partial charge in [0.05, 0.1) is 15.5 Å². The molecular weight excluding hydrogens is 296 g/mol. The van der Waals surface area contributed by atoms with Crippen molar-refractivity contribution >= 4 is 24.1 Å². The van der Waals surface area contributed by atoms with Crippen LogP contribution in [0.1, 0.15) is 17.3 Å². The van der Waals surface area contributed by atoms with Gasteiger partial charge in [0.15, 0.2) is 0 Å². The van der Waals surface area contributed by atoms with Gasteiger partial charge in [0.25, 0.3) is 12.4 Å². The smallest absolute Gasteiger partial charge is 0.305 e. The summed E-state index contributed by atoms with van der Waals surface area (Å²) < 4.78 is 4.68. The molecule has 8 heteroatoms. The maximum Gasteiger partial charge on any atom is 0.305 e. The molecule has 21 heavy (non-hydrogen) atoms. The van der Waals surface area contributed by atoms with Crippen LogP contribution in [0.5, 0.6) is 5.75 Å². The van der Waals surface area contributed by atoms with Gasteiger partial charge in [-0.15, -0.1) is 0 Å². The Hall–Kier alpha value is -2.61. The van der Waals surface area contributed by atoms with E-state index < -0.39 is 10.8 Å². The first kappa shape index (κ1) is 16.4. The van der Waals surface area contributed by atoms with E-state index in [1.165, 1.54) is 25.1 Å². The van der Waals surface area contributed by atoms with E-state index in [1.54, 1.807) is 12.1 Å². The van der Waals surface area contributed by atoms with Crippen LogP contribution in [0.15, 0.2) is 47.0 Å². The fourth-order valence-corrected chi connectivity index (χ4v) is 1.94. The zero-order valence-corrected chi connectivity index (χ0v) is 11.9. The number of carbonyl (C=O) groups excluding carboxylic acids is 2. The van der Waals surface area contributed by atoms with Crippen LogP contribution < -0.4 is 10.1 Å². The Kier molecular flexibility index (Phi) is 6.15. The monoisotopic (exact) mass is 308 g/mol. The summed E-state index contributed by atoms with van der Waals surface area (Å²) in [6.45, 7) is 5.26. The van der Waals surface area contributed by atoms with E-state index in [0.29, 0.717) is 0 Å². The third-order valence-electron chi connectivity index (χ3n) is 2.21. The van der Waals surface area contributed by atoms with Gasteiger partial charge in [-0.2, -0.15) is 0 Å². The maximum absolute atomic E-state index is 12.0. The van der Waals surface area contributed by atoms with Crippen molar-refractivity contribution in [3.05, 3.63) is 62.7 Å². The number of para-hydroxylation sites is 1. The molecule has 0 heterocycles. The van der Waals surface area contributed by atoms with Crippen LogP contribution >= 0.6 is 11.8 Å². The Labute approximate surface area is 124 Å². The molecule has 0 saturated carbocycles. The van der Waals surface area contributed by atoms with Crippen molar-refractivity contribution in [2.45, 2.75) is 6.92 Å².